The van der Waals surface area contributed by atoms with Crippen LogP contribution in [0, 0.1) is 0 Å². The van der Waals surface area contributed by atoms with E-state index < -0.39 is 6.04 Å². The lowest BCUT2D eigenvalue weighted by molar-refractivity contribution is -0.132. The molecule has 0 aromatic heterocycles. The van der Waals surface area contributed by atoms with Gasteiger partial charge < -0.3 is 25.4 Å². The topological polar surface area (TPSA) is 93.9 Å². The van der Waals surface area contributed by atoms with Crippen molar-refractivity contribution in [3.8, 4) is 11.5 Å². The minimum atomic E-state index is -0.527. The molecule has 1 atom stereocenters. The van der Waals surface area contributed by atoms with E-state index in [0.717, 1.165) is 12.0 Å². The summed E-state index contributed by atoms with van der Waals surface area (Å²) in [6.07, 6.45) is 1.80. The van der Waals surface area contributed by atoms with Crippen LogP contribution < -0.4 is 20.5 Å². The van der Waals surface area contributed by atoms with Gasteiger partial charge in [0.2, 0.25) is 11.8 Å². The van der Waals surface area contributed by atoms with Crippen LogP contribution in [-0.4, -0.2) is 50.1 Å². The molecule has 0 spiro atoms. The molecule has 1 aromatic rings. The fourth-order valence-corrected chi connectivity index (χ4v) is 2.87. The van der Waals surface area contributed by atoms with Crippen LogP contribution in [0.4, 0.5) is 0 Å². The van der Waals surface area contributed by atoms with E-state index >= 15 is 0 Å². The molecule has 8 heteroatoms. The SMILES string of the molecule is COc1cc2c(cc1OC)CN(C(=O)CCCNC(=O)[C@H](C)N)CC2.Cl. The molecule has 26 heavy (non-hydrogen) atoms. The van der Waals surface area contributed by atoms with Crippen molar-refractivity contribution < 1.29 is 19.1 Å². The molecule has 0 bridgehead atoms. The quantitative estimate of drug-likeness (QED) is 0.689. The number of carbonyl (C=O) groups is 2. The Morgan fingerprint density at radius 2 is 1.85 bits per heavy atom. The molecule has 0 saturated heterocycles. The number of hydrogen-bond donors (Lipinski definition) is 2. The molecule has 1 heterocycles. The molecule has 2 rings (SSSR count). The van der Waals surface area contributed by atoms with Gasteiger partial charge in [0, 0.05) is 26.1 Å². The number of carbonyl (C=O) groups excluding carboxylic acids is 2. The maximum Gasteiger partial charge on any atom is 0.236 e. The summed E-state index contributed by atoms with van der Waals surface area (Å²) in [5.74, 6) is 1.29. The van der Waals surface area contributed by atoms with Gasteiger partial charge in [0.25, 0.3) is 0 Å². The number of rotatable bonds is 7. The van der Waals surface area contributed by atoms with Gasteiger partial charge in [-0.15, -0.1) is 12.4 Å². The monoisotopic (exact) mass is 385 g/mol. The average Bonchev–Trinajstić information content (AvgIpc) is 2.62. The zero-order valence-corrected chi connectivity index (χ0v) is 16.4. The second-order valence-corrected chi connectivity index (χ2v) is 6.22. The van der Waals surface area contributed by atoms with Crippen LogP contribution in [-0.2, 0) is 22.6 Å². The number of halogens is 1. The van der Waals surface area contributed by atoms with Gasteiger partial charge in [0.05, 0.1) is 20.3 Å². The molecular weight excluding hydrogens is 358 g/mol. The fraction of sp³-hybridized carbons (Fsp3) is 0.556. The van der Waals surface area contributed by atoms with Crippen molar-refractivity contribution in [2.75, 3.05) is 27.3 Å². The van der Waals surface area contributed by atoms with Gasteiger partial charge in [-0.1, -0.05) is 0 Å². The summed E-state index contributed by atoms with van der Waals surface area (Å²) in [7, 11) is 3.22. The molecule has 3 N–H and O–H groups in total. The molecule has 0 unspecified atom stereocenters. The maximum atomic E-state index is 12.4. The highest BCUT2D eigenvalue weighted by molar-refractivity contribution is 5.85. The first-order valence-electron chi connectivity index (χ1n) is 8.51. The Hall–Kier alpha value is -1.99. The summed E-state index contributed by atoms with van der Waals surface area (Å²) in [5, 5.41) is 2.72. The lowest BCUT2D eigenvalue weighted by Crippen LogP contribution is -2.39. The van der Waals surface area contributed by atoms with Gasteiger partial charge in [-0.2, -0.15) is 0 Å². The molecular formula is C18H28ClN3O4. The lowest BCUT2D eigenvalue weighted by Gasteiger charge is -2.29. The molecule has 1 aliphatic heterocycles. The van der Waals surface area contributed by atoms with Crippen molar-refractivity contribution in [3.05, 3.63) is 23.3 Å². The zero-order valence-electron chi connectivity index (χ0n) is 15.5. The highest BCUT2D eigenvalue weighted by Gasteiger charge is 2.22. The summed E-state index contributed by atoms with van der Waals surface area (Å²) in [4.78, 5) is 25.6. The number of hydrogen-bond acceptors (Lipinski definition) is 5. The van der Waals surface area contributed by atoms with Gasteiger partial charge >= 0.3 is 0 Å². The second-order valence-electron chi connectivity index (χ2n) is 6.22. The Morgan fingerprint density at radius 1 is 1.23 bits per heavy atom. The van der Waals surface area contributed by atoms with Crippen LogP contribution in [0.3, 0.4) is 0 Å². The summed E-state index contributed by atoms with van der Waals surface area (Å²) >= 11 is 0. The van der Waals surface area contributed by atoms with Gasteiger partial charge in [-0.25, -0.2) is 0 Å². The van der Waals surface area contributed by atoms with Crippen LogP contribution in [0.5, 0.6) is 11.5 Å². The van der Waals surface area contributed by atoms with E-state index in [0.29, 0.717) is 44.0 Å². The number of nitrogens with two attached hydrogens (primary N) is 1. The predicted octanol–water partition coefficient (Wildman–Crippen LogP) is 1.25. The highest BCUT2D eigenvalue weighted by Crippen LogP contribution is 2.33. The predicted molar refractivity (Wildman–Crippen MR) is 102 cm³/mol. The standard InChI is InChI=1S/C18H27N3O4.ClH/c1-12(19)18(23)20-7-4-5-17(22)21-8-6-13-9-15(24-2)16(25-3)10-14(13)11-21;/h9-10,12H,4-8,11,19H2,1-3H3,(H,20,23);1H/t12-;/m0./s1. The number of nitrogens with one attached hydrogen (secondary N) is 1. The highest BCUT2D eigenvalue weighted by atomic mass is 35.5. The first-order valence-corrected chi connectivity index (χ1v) is 8.51. The molecule has 146 valence electrons. The van der Waals surface area contributed by atoms with Gasteiger partial charge in [-0.05, 0) is 43.0 Å². The van der Waals surface area contributed by atoms with E-state index in [9.17, 15) is 9.59 Å². The largest absolute Gasteiger partial charge is 0.493 e. The average molecular weight is 386 g/mol. The maximum absolute atomic E-state index is 12.4. The summed E-state index contributed by atoms with van der Waals surface area (Å²) in [5.41, 5.74) is 7.75. The third-order valence-corrected chi connectivity index (χ3v) is 4.35. The third-order valence-electron chi connectivity index (χ3n) is 4.35. The molecule has 0 saturated carbocycles. The summed E-state index contributed by atoms with van der Waals surface area (Å²) in [6.45, 7) is 3.35. The fourth-order valence-electron chi connectivity index (χ4n) is 2.87. The van der Waals surface area contributed by atoms with Crippen molar-refractivity contribution in [2.45, 2.75) is 38.8 Å². The number of amides is 2. The van der Waals surface area contributed by atoms with Gasteiger partial charge in [-0.3, -0.25) is 9.59 Å². The van der Waals surface area contributed by atoms with Crippen LogP contribution in [0.1, 0.15) is 30.9 Å². The number of benzene rings is 1. The third kappa shape index (κ3) is 5.51. The number of methoxy groups -OCH3 is 2. The Labute approximate surface area is 160 Å². The number of fused-ring (bicyclic) bond motifs is 1. The van der Waals surface area contributed by atoms with Crippen molar-refractivity contribution in [3.63, 3.8) is 0 Å². The van der Waals surface area contributed by atoms with Crippen LogP contribution >= 0.6 is 12.4 Å². The molecule has 0 radical (unpaired) electrons. The van der Waals surface area contributed by atoms with E-state index in [1.54, 1.807) is 21.1 Å². The number of ether oxygens (including phenoxy) is 2. The van der Waals surface area contributed by atoms with E-state index in [1.165, 1.54) is 5.56 Å². The van der Waals surface area contributed by atoms with E-state index in [4.69, 9.17) is 15.2 Å². The normalized spacial score (nSPS) is 13.9. The summed E-state index contributed by atoms with van der Waals surface area (Å²) in [6, 6.07) is 3.40. The van der Waals surface area contributed by atoms with Crippen LogP contribution in [0.25, 0.3) is 0 Å². The molecule has 0 fully saturated rings. The van der Waals surface area contributed by atoms with Gasteiger partial charge in [0.1, 0.15) is 0 Å². The molecule has 1 aromatic carbocycles. The van der Waals surface area contributed by atoms with Crippen LogP contribution in [0.15, 0.2) is 12.1 Å². The van der Waals surface area contributed by atoms with E-state index in [-0.39, 0.29) is 24.2 Å². The Morgan fingerprint density at radius 3 is 2.42 bits per heavy atom. The molecule has 1 aliphatic rings. The Balaban J connectivity index is 0.00000338. The molecule has 2 amide bonds. The minimum absolute atomic E-state index is 0. The van der Waals surface area contributed by atoms with E-state index in [1.807, 2.05) is 17.0 Å². The first kappa shape index (κ1) is 22.1. The first-order chi connectivity index (χ1) is 12.0. The van der Waals surface area contributed by atoms with E-state index in [2.05, 4.69) is 5.32 Å². The molecule has 0 aliphatic carbocycles. The summed E-state index contributed by atoms with van der Waals surface area (Å²) < 4.78 is 10.7. The smallest absolute Gasteiger partial charge is 0.236 e. The Bertz CT molecular complexity index is 637. The number of nitrogens with zero attached hydrogens (tertiary/aromatic N) is 1. The second kappa shape index (κ2) is 10.2. The minimum Gasteiger partial charge on any atom is -0.493 e. The van der Waals surface area contributed by atoms with Crippen molar-refractivity contribution in [2.24, 2.45) is 5.73 Å². The van der Waals surface area contributed by atoms with Crippen molar-refractivity contribution in [1.29, 1.82) is 0 Å². The lowest BCUT2D eigenvalue weighted by atomic mass is 9.98. The Kier molecular flexibility index (Phi) is 8.68. The van der Waals surface area contributed by atoms with Crippen molar-refractivity contribution in [1.82, 2.24) is 10.2 Å². The van der Waals surface area contributed by atoms with Crippen LogP contribution in [0.2, 0.25) is 0 Å². The zero-order chi connectivity index (χ0) is 18.4. The molecule has 7 nitrogen and oxygen atoms in total. The van der Waals surface area contributed by atoms with Crippen molar-refractivity contribution >= 4 is 24.2 Å². The van der Waals surface area contributed by atoms with Gasteiger partial charge in [0.15, 0.2) is 11.5 Å².